The lowest BCUT2D eigenvalue weighted by Gasteiger charge is -2.31. The Morgan fingerprint density at radius 1 is 1.47 bits per heavy atom. The summed E-state index contributed by atoms with van der Waals surface area (Å²) >= 11 is 0. The molecule has 0 spiro atoms. The molecular weight excluding hydrogens is 221 g/mol. The molecule has 3 nitrogen and oxygen atoms in total. The van der Waals surface area contributed by atoms with E-state index in [1.165, 1.54) is 12.1 Å². The van der Waals surface area contributed by atoms with Gasteiger partial charge in [-0.1, -0.05) is 12.1 Å². The first-order valence-electron chi connectivity index (χ1n) is 5.74. The minimum atomic E-state index is -0.822. The van der Waals surface area contributed by atoms with Gasteiger partial charge in [-0.2, -0.15) is 0 Å². The van der Waals surface area contributed by atoms with Gasteiger partial charge in [0.1, 0.15) is 11.4 Å². The summed E-state index contributed by atoms with van der Waals surface area (Å²) in [6.07, 6.45) is 1.97. The number of carboxylic acids is 1. The highest BCUT2D eigenvalue weighted by atomic mass is 19.1. The fourth-order valence-corrected chi connectivity index (χ4v) is 2.52. The number of hydrogen-bond acceptors (Lipinski definition) is 2. The van der Waals surface area contributed by atoms with Crippen LogP contribution in [0.25, 0.3) is 0 Å². The Morgan fingerprint density at radius 2 is 2.12 bits per heavy atom. The van der Waals surface area contributed by atoms with E-state index in [0.717, 1.165) is 18.5 Å². The Bertz CT molecular complexity index is 418. The maximum absolute atomic E-state index is 12.8. The molecule has 0 radical (unpaired) electrons. The highest BCUT2D eigenvalue weighted by Crippen LogP contribution is 2.31. The number of carboxylic acid groups (broad SMARTS) is 1. The van der Waals surface area contributed by atoms with E-state index < -0.39 is 11.5 Å². The molecule has 1 heterocycles. The van der Waals surface area contributed by atoms with Crippen molar-refractivity contribution in [2.45, 2.75) is 24.8 Å². The van der Waals surface area contributed by atoms with Crippen LogP contribution in [0.2, 0.25) is 0 Å². The summed E-state index contributed by atoms with van der Waals surface area (Å²) in [4.78, 5) is 13.4. The monoisotopic (exact) mass is 237 g/mol. The Labute approximate surface area is 99.9 Å². The van der Waals surface area contributed by atoms with Crippen molar-refractivity contribution in [2.24, 2.45) is 0 Å². The summed E-state index contributed by atoms with van der Waals surface area (Å²) < 4.78 is 12.8. The SMILES string of the molecule is CN1CCC[C@]1(Cc1ccc(F)cc1)C(=O)O. The van der Waals surface area contributed by atoms with Crippen LogP contribution in [0.15, 0.2) is 24.3 Å². The zero-order valence-corrected chi connectivity index (χ0v) is 9.82. The fourth-order valence-electron chi connectivity index (χ4n) is 2.52. The second kappa shape index (κ2) is 4.45. The molecule has 0 aliphatic carbocycles. The number of carbonyl (C=O) groups is 1. The summed E-state index contributed by atoms with van der Waals surface area (Å²) in [7, 11) is 1.84. The molecule has 1 saturated heterocycles. The van der Waals surface area contributed by atoms with Crippen LogP contribution in [0.1, 0.15) is 18.4 Å². The third kappa shape index (κ3) is 2.17. The van der Waals surface area contributed by atoms with Crippen molar-refractivity contribution in [1.82, 2.24) is 4.90 Å². The largest absolute Gasteiger partial charge is 0.480 e. The molecule has 1 aliphatic rings. The highest BCUT2D eigenvalue weighted by molar-refractivity contribution is 5.79. The van der Waals surface area contributed by atoms with Crippen molar-refractivity contribution in [3.8, 4) is 0 Å². The molecule has 17 heavy (non-hydrogen) atoms. The second-order valence-electron chi connectivity index (χ2n) is 4.67. The summed E-state index contributed by atoms with van der Waals surface area (Å²) in [6.45, 7) is 0.799. The van der Waals surface area contributed by atoms with Gasteiger partial charge in [-0.15, -0.1) is 0 Å². The van der Waals surface area contributed by atoms with Crippen LogP contribution in [0, 0.1) is 5.82 Å². The van der Waals surface area contributed by atoms with Crippen LogP contribution >= 0.6 is 0 Å². The molecule has 1 atom stereocenters. The van der Waals surface area contributed by atoms with Gasteiger partial charge in [-0.25, -0.2) is 4.39 Å². The van der Waals surface area contributed by atoms with E-state index in [1.54, 1.807) is 12.1 Å². The molecule has 1 N–H and O–H groups in total. The lowest BCUT2D eigenvalue weighted by Crippen LogP contribution is -2.50. The second-order valence-corrected chi connectivity index (χ2v) is 4.67. The van der Waals surface area contributed by atoms with Crippen molar-refractivity contribution in [3.63, 3.8) is 0 Å². The minimum absolute atomic E-state index is 0.294. The predicted octanol–water partition coefficient (Wildman–Crippen LogP) is 1.92. The molecule has 0 bridgehead atoms. The maximum atomic E-state index is 12.8. The number of benzene rings is 1. The first kappa shape index (κ1) is 12.0. The number of likely N-dealkylation sites (tertiary alicyclic amines) is 1. The van der Waals surface area contributed by atoms with Gasteiger partial charge in [-0.3, -0.25) is 9.69 Å². The molecule has 1 aromatic rings. The van der Waals surface area contributed by atoms with Gasteiger partial charge in [-0.05, 0) is 44.1 Å². The van der Waals surface area contributed by atoms with Crippen molar-refractivity contribution >= 4 is 5.97 Å². The van der Waals surface area contributed by atoms with Gasteiger partial charge in [0.2, 0.25) is 0 Å². The third-order valence-corrected chi connectivity index (χ3v) is 3.62. The van der Waals surface area contributed by atoms with E-state index in [4.69, 9.17) is 0 Å². The van der Waals surface area contributed by atoms with E-state index in [1.807, 2.05) is 11.9 Å². The molecule has 1 fully saturated rings. The fraction of sp³-hybridized carbons (Fsp3) is 0.462. The highest BCUT2D eigenvalue weighted by Gasteiger charge is 2.45. The van der Waals surface area contributed by atoms with Crippen LogP contribution in [0.4, 0.5) is 4.39 Å². The number of hydrogen-bond donors (Lipinski definition) is 1. The molecule has 4 heteroatoms. The molecule has 92 valence electrons. The van der Waals surface area contributed by atoms with Gasteiger partial charge in [0, 0.05) is 6.42 Å². The molecule has 0 saturated carbocycles. The summed E-state index contributed by atoms with van der Waals surface area (Å²) in [5.74, 6) is -1.08. The van der Waals surface area contributed by atoms with Crippen molar-refractivity contribution in [2.75, 3.05) is 13.6 Å². The van der Waals surface area contributed by atoms with Crippen molar-refractivity contribution < 1.29 is 14.3 Å². The molecule has 0 unspecified atom stereocenters. The standard InChI is InChI=1S/C13H16FNO2/c1-15-8-2-7-13(15,12(16)17)9-10-3-5-11(14)6-4-10/h3-6H,2,7-9H2,1H3,(H,16,17)/t13-/m0/s1. The normalized spacial score (nSPS) is 25.1. The first-order chi connectivity index (χ1) is 8.04. The zero-order valence-electron chi connectivity index (χ0n) is 9.82. The minimum Gasteiger partial charge on any atom is -0.480 e. The Morgan fingerprint density at radius 3 is 2.59 bits per heavy atom. The summed E-state index contributed by atoms with van der Waals surface area (Å²) in [5, 5.41) is 9.43. The number of likely N-dealkylation sites (N-methyl/N-ethyl adjacent to an activating group) is 1. The molecule has 0 aromatic heterocycles. The Balaban J connectivity index is 2.24. The van der Waals surface area contributed by atoms with Crippen molar-refractivity contribution in [3.05, 3.63) is 35.6 Å². The Hall–Kier alpha value is -1.42. The zero-order chi connectivity index (χ0) is 12.5. The van der Waals surface area contributed by atoms with Crippen LogP contribution in [0.5, 0.6) is 0 Å². The molecule has 0 amide bonds. The molecule has 1 aliphatic heterocycles. The molecule has 1 aromatic carbocycles. The summed E-state index contributed by atoms with van der Waals surface area (Å²) in [6, 6.07) is 6.07. The third-order valence-electron chi connectivity index (χ3n) is 3.62. The van der Waals surface area contributed by atoms with E-state index in [-0.39, 0.29) is 5.82 Å². The van der Waals surface area contributed by atoms with E-state index >= 15 is 0 Å². The average molecular weight is 237 g/mol. The quantitative estimate of drug-likeness (QED) is 0.873. The van der Waals surface area contributed by atoms with Crippen LogP contribution in [-0.4, -0.2) is 35.1 Å². The van der Waals surface area contributed by atoms with Crippen LogP contribution in [0.3, 0.4) is 0 Å². The number of aliphatic carboxylic acids is 1. The first-order valence-corrected chi connectivity index (χ1v) is 5.74. The van der Waals surface area contributed by atoms with Crippen molar-refractivity contribution in [1.29, 1.82) is 0 Å². The van der Waals surface area contributed by atoms with E-state index in [9.17, 15) is 14.3 Å². The van der Waals surface area contributed by atoms with Gasteiger partial charge in [0.25, 0.3) is 0 Å². The van der Waals surface area contributed by atoms with E-state index in [2.05, 4.69) is 0 Å². The lowest BCUT2D eigenvalue weighted by molar-refractivity contribution is -0.148. The topological polar surface area (TPSA) is 40.5 Å². The predicted molar refractivity (Wildman–Crippen MR) is 62.3 cm³/mol. The molecule has 2 rings (SSSR count). The number of rotatable bonds is 3. The Kier molecular flexibility index (Phi) is 3.15. The van der Waals surface area contributed by atoms with Crippen LogP contribution < -0.4 is 0 Å². The smallest absolute Gasteiger partial charge is 0.324 e. The van der Waals surface area contributed by atoms with Gasteiger partial charge in [0.15, 0.2) is 0 Å². The van der Waals surface area contributed by atoms with E-state index in [0.29, 0.717) is 12.8 Å². The average Bonchev–Trinajstić information content (AvgIpc) is 2.65. The van der Waals surface area contributed by atoms with Gasteiger partial charge in [0.05, 0.1) is 0 Å². The van der Waals surface area contributed by atoms with Gasteiger partial charge < -0.3 is 5.11 Å². The number of halogens is 1. The molecular formula is C13H16FNO2. The maximum Gasteiger partial charge on any atom is 0.324 e. The lowest BCUT2D eigenvalue weighted by atomic mass is 9.88. The summed E-state index contributed by atoms with van der Waals surface area (Å²) in [5.41, 5.74) is 0.0419. The van der Waals surface area contributed by atoms with Gasteiger partial charge >= 0.3 is 5.97 Å². The number of nitrogens with zero attached hydrogens (tertiary/aromatic N) is 1. The van der Waals surface area contributed by atoms with Crippen LogP contribution in [-0.2, 0) is 11.2 Å².